The van der Waals surface area contributed by atoms with Crippen molar-refractivity contribution in [2.45, 2.75) is 18.9 Å². The minimum Gasteiger partial charge on any atom is -0.348 e. The van der Waals surface area contributed by atoms with E-state index >= 15 is 0 Å². The third-order valence-corrected chi connectivity index (χ3v) is 3.42. The quantitative estimate of drug-likeness (QED) is 0.873. The fourth-order valence-electron chi connectivity index (χ4n) is 2.45. The number of carbonyl (C=O) groups excluding carboxylic acids is 1. The van der Waals surface area contributed by atoms with Crippen molar-refractivity contribution in [2.75, 3.05) is 13.1 Å². The van der Waals surface area contributed by atoms with Gasteiger partial charge >= 0.3 is 0 Å². The average Bonchev–Trinajstić information content (AvgIpc) is 2.47. The summed E-state index contributed by atoms with van der Waals surface area (Å²) in [5, 5.41) is 6.14. The van der Waals surface area contributed by atoms with E-state index in [4.69, 9.17) is 0 Å². The van der Waals surface area contributed by atoms with Gasteiger partial charge in [0.2, 0.25) is 0 Å². The lowest BCUT2D eigenvalue weighted by atomic mass is 10.1. The van der Waals surface area contributed by atoms with Crippen LogP contribution in [0.1, 0.15) is 23.2 Å². The molecule has 1 aromatic carbocycles. The number of halogens is 3. The normalized spacial score (nSPS) is 17.2. The zero-order valence-corrected chi connectivity index (χ0v) is 13.3. The van der Waals surface area contributed by atoms with Crippen molar-refractivity contribution in [1.82, 2.24) is 20.6 Å². The van der Waals surface area contributed by atoms with Crippen LogP contribution in [0.25, 0.3) is 11.0 Å². The fourth-order valence-corrected chi connectivity index (χ4v) is 2.45. The van der Waals surface area contributed by atoms with Gasteiger partial charge in [-0.1, -0.05) is 0 Å². The Morgan fingerprint density at radius 3 is 2.77 bits per heavy atom. The van der Waals surface area contributed by atoms with E-state index in [1.807, 2.05) is 0 Å². The molecule has 2 aromatic rings. The van der Waals surface area contributed by atoms with Gasteiger partial charge in [0.1, 0.15) is 11.3 Å². The second-order valence-electron chi connectivity index (χ2n) is 4.89. The maximum atomic E-state index is 13.6. The Bertz CT molecular complexity index is 650. The number of amides is 1. The Morgan fingerprint density at radius 2 is 2.05 bits per heavy atom. The van der Waals surface area contributed by atoms with Gasteiger partial charge in [0.25, 0.3) is 5.91 Å². The van der Waals surface area contributed by atoms with Gasteiger partial charge < -0.3 is 10.6 Å². The standard InChI is InChI=1S/C14H15FN4O.2ClH/c15-9-6-11(13-12(7-9)17-4-5-18-13)14(20)19-10-2-1-3-16-8-10;;/h4-7,10,16H,1-3,8H2,(H,19,20);2*1H. The molecule has 1 aromatic heterocycles. The van der Waals surface area contributed by atoms with E-state index in [-0.39, 0.29) is 42.3 Å². The second kappa shape index (κ2) is 8.22. The highest BCUT2D eigenvalue weighted by Gasteiger charge is 2.19. The highest BCUT2D eigenvalue weighted by molar-refractivity contribution is 6.04. The molecule has 1 atom stereocenters. The molecule has 1 saturated heterocycles. The molecule has 0 aliphatic carbocycles. The Morgan fingerprint density at radius 1 is 1.27 bits per heavy atom. The predicted molar refractivity (Wildman–Crippen MR) is 87.3 cm³/mol. The summed E-state index contributed by atoms with van der Waals surface area (Å²) in [6.45, 7) is 1.71. The molecule has 120 valence electrons. The number of carbonyl (C=O) groups is 1. The first-order valence-corrected chi connectivity index (χ1v) is 6.66. The molecule has 1 aliphatic rings. The summed E-state index contributed by atoms with van der Waals surface area (Å²) in [6.07, 6.45) is 4.93. The molecule has 1 amide bonds. The first kappa shape index (κ1) is 18.5. The van der Waals surface area contributed by atoms with Crippen molar-refractivity contribution in [3.8, 4) is 0 Å². The van der Waals surface area contributed by atoms with Crippen molar-refractivity contribution < 1.29 is 9.18 Å². The second-order valence-corrected chi connectivity index (χ2v) is 4.89. The summed E-state index contributed by atoms with van der Waals surface area (Å²) >= 11 is 0. The maximum absolute atomic E-state index is 13.6. The first-order chi connectivity index (χ1) is 9.74. The van der Waals surface area contributed by atoms with E-state index in [1.165, 1.54) is 24.5 Å². The minimum atomic E-state index is -0.482. The van der Waals surface area contributed by atoms with Crippen molar-refractivity contribution in [1.29, 1.82) is 0 Å². The van der Waals surface area contributed by atoms with Crippen LogP contribution in [0.2, 0.25) is 0 Å². The summed E-state index contributed by atoms with van der Waals surface area (Å²) in [7, 11) is 0. The summed E-state index contributed by atoms with van der Waals surface area (Å²) in [5.74, 6) is -0.784. The van der Waals surface area contributed by atoms with Crippen LogP contribution in [0.5, 0.6) is 0 Å². The lowest BCUT2D eigenvalue weighted by Gasteiger charge is -2.23. The number of hydrogen-bond acceptors (Lipinski definition) is 4. The topological polar surface area (TPSA) is 66.9 Å². The number of benzene rings is 1. The van der Waals surface area contributed by atoms with Gasteiger partial charge in [-0.05, 0) is 25.5 Å². The lowest BCUT2D eigenvalue weighted by Crippen LogP contribution is -2.45. The van der Waals surface area contributed by atoms with Gasteiger partial charge in [0.15, 0.2) is 0 Å². The number of fused-ring (bicyclic) bond motifs is 1. The van der Waals surface area contributed by atoms with E-state index in [0.717, 1.165) is 25.9 Å². The molecule has 1 aliphatic heterocycles. The molecule has 5 nitrogen and oxygen atoms in total. The molecular weight excluding hydrogens is 330 g/mol. The Hall–Kier alpha value is -1.50. The zero-order chi connectivity index (χ0) is 13.9. The van der Waals surface area contributed by atoms with Gasteiger partial charge in [-0.25, -0.2) is 4.39 Å². The van der Waals surface area contributed by atoms with E-state index in [0.29, 0.717) is 11.0 Å². The minimum absolute atomic E-state index is 0. The van der Waals surface area contributed by atoms with Crippen LogP contribution in [-0.2, 0) is 0 Å². The molecule has 2 N–H and O–H groups in total. The van der Waals surface area contributed by atoms with E-state index in [1.54, 1.807) is 0 Å². The molecule has 0 radical (unpaired) electrons. The molecule has 1 fully saturated rings. The molecule has 0 saturated carbocycles. The van der Waals surface area contributed by atoms with Crippen LogP contribution < -0.4 is 10.6 Å². The highest BCUT2D eigenvalue weighted by Crippen LogP contribution is 2.17. The number of rotatable bonds is 2. The largest absolute Gasteiger partial charge is 0.348 e. The van der Waals surface area contributed by atoms with E-state index in [9.17, 15) is 9.18 Å². The number of nitrogens with one attached hydrogen (secondary N) is 2. The summed E-state index contributed by atoms with van der Waals surface area (Å²) in [5.41, 5.74) is 1.05. The number of piperidine rings is 1. The van der Waals surface area contributed by atoms with Crippen LogP contribution in [0.4, 0.5) is 4.39 Å². The van der Waals surface area contributed by atoms with Gasteiger partial charge in [0.05, 0.1) is 11.1 Å². The van der Waals surface area contributed by atoms with Crippen molar-refractivity contribution >= 4 is 41.8 Å². The van der Waals surface area contributed by atoms with Crippen molar-refractivity contribution in [3.63, 3.8) is 0 Å². The van der Waals surface area contributed by atoms with Crippen molar-refractivity contribution in [2.24, 2.45) is 0 Å². The van der Waals surface area contributed by atoms with Gasteiger partial charge in [-0.15, -0.1) is 24.8 Å². The lowest BCUT2D eigenvalue weighted by molar-refractivity contribution is 0.0931. The van der Waals surface area contributed by atoms with Crippen LogP contribution in [0, 0.1) is 5.82 Å². The molecule has 8 heteroatoms. The van der Waals surface area contributed by atoms with Gasteiger partial charge in [-0.2, -0.15) is 0 Å². The Labute approximate surface area is 139 Å². The molecule has 1 unspecified atom stereocenters. The zero-order valence-electron chi connectivity index (χ0n) is 11.7. The molecule has 0 spiro atoms. The Balaban J connectivity index is 0.00000121. The number of aromatic nitrogens is 2. The van der Waals surface area contributed by atoms with Crippen LogP contribution in [-0.4, -0.2) is 35.0 Å². The molecule has 22 heavy (non-hydrogen) atoms. The predicted octanol–water partition coefficient (Wildman–Crippen LogP) is 2.09. The highest BCUT2D eigenvalue weighted by atomic mass is 35.5. The van der Waals surface area contributed by atoms with Crippen LogP contribution in [0.15, 0.2) is 24.5 Å². The van der Waals surface area contributed by atoms with E-state index in [2.05, 4.69) is 20.6 Å². The summed E-state index contributed by atoms with van der Waals surface area (Å²) in [6, 6.07) is 2.57. The average molecular weight is 347 g/mol. The molecule has 2 heterocycles. The third kappa shape index (κ3) is 4.03. The van der Waals surface area contributed by atoms with Crippen LogP contribution >= 0.6 is 24.8 Å². The monoisotopic (exact) mass is 346 g/mol. The summed E-state index contributed by atoms with van der Waals surface area (Å²) in [4.78, 5) is 20.5. The van der Waals surface area contributed by atoms with Crippen molar-refractivity contribution in [3.05, 3.63) is 35.9 Å². The SMILES string of the molecule is Cl.Cl.O=C(NC1CCCNC1)c1cc(F)cc2nccnc12. The number of hydrogen-bond donors (Lipinski definition) is 2. The number of nitrogens with zero attached hydrogens (tertiary/aromatic N) is 2. The summed E-state index contributed by atoms with van der Waals surface area (Å²) < 4.78 is 13.6. The van der Waals surface area contributed by atoms with Crippen LogP contribution in [0.3, 0.4) is 0 Å². The maximum Gasteiger partial charge on any atom is 0.253 e. The van der Waals surface area contributed by atoms with Gasteiger partial charge in [0, 0.05) is 31.0 Å². The first-order valence-electron chi connectivity index (χ1n) is 6.66. The Kier molecular flexibility index (Phi) is 6.93. The smallest absolute Gasteiger partial charge is 0.253 e. The molecular formula is C14H17Cl2FN4O. The molecule has 3 rings (SSSR count). The fraction of sp³-hybridized carbons (Fsp3) is 0.357. The van der Waals surface area contributed by atoms with Gasteiger partial charge in [-0.3, -0.25) is 14.8 Å². The third-order valence-electron chi connectivity index (χ3n) is 3.42. The molecule has 0 bridgehead atoms. The van der Waals surface area contributed by atoms with E-state index < -0.39 is 5.82 Å².